The molecule has 0 radical (unpaired) electrons. The van der Waals surface area contributed by atoms with Crippen molar-refractivity contribution in [2.45, 2.75) is 103 Å². The van der Waals surface area contributed by atoms with Crippen molar-refractivity contribution in [2.75, 3.05) is 0 Å². The van der Waals surface area contributed by atoms with Gasteiger partial charge in [0, 0.05) is 0 Å². The SMILES string of the molecule is BC(B)(C1CCC2(CCCC2)CC1)C(C)(C)CCCCC. The van der Waals surface area contributed by atoms with Gasteiger partial charge >= 0.3 is 0 Å². The normalized spacial score (nSPS) is 23.8. The lowest BCUT2D eigenvalue weighted by atomic mass is 9.35. The number of rotatable bonds is 6. The van der Waals surface area contributed by atoms with Gasteiger partial charge in [0.05, 0.1) is 0 Å². The van der Waals surface area contributed by atoms with Gasteiger partial charge in [-0.05, 0) is 48.9 Å². The van der Waals surface area contributed by atoms with E-state index in [0.717, 1.165) is 11.3 Å². The fourth-order valence-corrected chi connectivity index (χ4v) is 5.27. The monoisotopic (exact) mass is 288 g/mol. The van der Waals surface area contributed by atoms with E-state index in [-0.39, 0.29) is 0 Å². The summed E-state index contributed by atoms with van der Waals surface area (Å²) < 4.78 is 0. The van der Waals surface area contributed by atoms with Crippen molar-refractivity contribution < 1.29 is 0 Å². The van der Waals surface area contributed by atoms with Crippen molar-refractivity contribution in [3.63, 3.8) is 0 Å². The van der Waals surface area contributed by atoms with E-state index in [9.17, 15) is 0 Å². The van der Waals surface area contributed by atoms with Crippen molar-refractivity contribution in [3.05, 3.63) is 0 Å². The summed E-state index contributed by atoms with van der Waals surface area (Å²) in [5.74, 6) is 0.959. The zero-order chi connectivity index (χ0) is 15.6. The molecule has 2 aliphatic rings. The number of hydrogen-bond acceptors (Lipinski definition) is 0. The molecular formula is C19H38B2. The Morgan fingerprint density at radius 2 is 1.52 bits per heavy atom. The highest BCUT2D eigenvalue weighted by atomic mass is 14.5. The van der Waals surface area contributed by atoms with Crippen LogP contribution in [0.5, 0.6) is 0 Å². The first kappa shape index (κ1) is 17.5. The van der Waals surface area contributed by atoms with E-state index in [1.54, 1.807) is 12.8 Å². The topological polar surface area (TPSA) is 0 Å². The average molecular weight is 288 g/mol. The molecule has 0 saturated heterocycles. The van der Waals surface area contributed by atoms with Crippen LogP contribution < -0.4 is 0 Å². The van der Waals surface area contributed by atoms with Crippen LogP contribution >= 0.6 is 0 Å². The van der Waals surface area contributed by atoms with Crippen LogP contribution in [-0.4, -0.2) is 15.7 Å². The molecule has 2 aliphatic carbocycles. The van der Waals surface area contributed by atoms with E-state index >= 15 is 0 Å². The minimum absolute atomic E-state index is 0.493. The molecule has 2 heteroatoms. The molecule has 0 aromatic heterocycles. The maximum Gasteiger partial charge on any atom is 0.100 e. The molecular weight excluding hydrogens is 250 g/mol. The van der Waals surface area contributed by atoms with Crippen molar-refractivity contribution >= 4 is 15.7 Å². The van der Waals surface area contributed by atoms with Crippen LogP contribution in [0.25, 0.3) is 0 Å². The largest absolute Gasteiger partial charge is 0.100 e. The smallest absolute Gasteiger partial charge is 0.0769 e. The second-order valence-electron chi connectivity index (χ2n) is 9.54. The Morgan fingerprint density at radius 3 is 2.05 bits per heavy atom. The van der Waals surface area contributed by atoms with Crippen LogP contribution in [0.4, 0.5) is 0 Å². The van der Waals surface area contributed by atoms with E-state index < -0.39 is 0 Å². The van der Waals surface area contributed by atoms with Gasteiger partial charge in [-0.25, -0.2) is 0 Å². The third-order valence-corrected chi connectivity index (χ3v) is 7.88. The highest BCUT2D eigenvalue weighted by Crippen LogP contribution is 2.58. The van der Waals surface area contributed by atoms with Crippen LogP contribution in [0.1, 0.15) is 97.8 Å². The van der Waals surface area contributed by atoms with Crippen LogP contribution in [0.2, 0.25) is 5.21 Å². The van der Waals surface area contributed by atoms with Crippen molar-refractivity contribution in [1.29, 1.82) is 0 Å². The van der Waals surface area contributed by atoms with Gasteiger partial charge in [-0.2, -0.15) is 0 Å². The lowest BCUT2D eigenvalue weighted by Crippen LogP contribution is -2.41. The first-order chi connectivity index (χ1) is 9.83. The minimum atomic E-state index is 0.493. The van der Waals surface area contributed by atoms with E-state index in [0.29, 0.717) is 10.6 Å². The second-order valence-corrected chi connectivity index (χ2v) is 9.54. The van der Waals surface area contributed by atoms with Gasteiger partial charge < -0.3 is 0 Å². The number of unbranched alkanes of at least 4 members (excludes halogenated alkanes) is 2. The zero-order valence-corrected chi connectivity index (χ0v) is 15.6. The zero-order valence-electron chi connectivity index (χ0n) is 15.6. The minimum Gasteiger partial charge on any atom is -0.0769 e. The van der Waals surface area contributed by atoms with Gasteiger partial charge in [-0.3, -0.25) is 0 Å². The second kappa shape index (κ2) is 6.71. The molecule has 0 N–H and O–H groups in total. The molecule has 0 unspecified atom stereocenters. The molecule has 120 valence electrons. The summed E-state index contributed by atoms with van der Waals surface area (Å²) in [5.41, 5.74) is 1.28. The summed E-state index contributed by atoms with van der Waals surface area (Å²) in [6, 6.07) is 0. The Kier molecular flexibility index (Phi) is 5.59. The Balaban J connectivity index is 1.93. The summed E-state index contributed by atoms with van der Waals surface area (Å²) in [4.78, 5) is 0. The Hall–Kier alpha value is 0.130. The molecule has 0 amide bonds. The average Bonchev–Trinajstić information content (AvgIpc) is 2.87. The highest BCUT2D eigenvalue weighted by molar-refractivity contribution is 6.40. The maximum atomic E-state index is 2.58. The van der Waals surface area contributed by atoms with Crippen LogP contribution in [0.15, 0.2) is 0 Å². The van der Waals surface area contributed by atoms with E-state index in [1.807, 2.05) is 0 Å². The van der Waals surface area contributed by atoms with Crippen molar-refractivity contribution in [2.24, 2.45) is 16.7 Å². The first-order valence-electron chi connectivity index (χ1n) is 9.83. The van der Waals surface area contributed by atoms with Gasteiger partial charge in [-0.15, -0.1) is 0 Å². The molecule has 2 rings (SSSR count). The fraction of sp³-hybridized carbons (Fsp3) is 1.00. The number of hydrogen-bond donors (Lipinski definition) is 0. The predicted octanol–water partition coefficient (Wildman–Crippen LogP) is 4.73. The van der Waals surface area contributed by atoms with Gasteiger partial charge in [0.15, 0.2) is 0 Å². The lowest BCUT2D eigenvalue weighted by Gasteiger charge is -2.52. The van der Waals surface area contributed by atoms with Gasteiger partial charge in [-0.1, -0.05) is 70.9 Å². The molecule has 0 heterocycles. The quantitative estimate of drug-likeness (QED) is 0.490. The lowest BCUT2D eigenvalue weighted by molar-refractivity contribution is 0.106. The maximum absolute atomic E-state index is 2.58. The van der Waals surface area contributed by atoms with Gasteiger partial charge in [0.2, 0.25) is 0 Å². The van der Waals surface area contributed by atoms with E-state index in [4.69, 9.17) is 0 Å². The standard InChI is InChI=1S/C19H38B2/c1-4-5-6-11-17(2,3)19(20,21)16-9-14-18(15-10-16)12-7-8-13-18/h16H,4-15,20-21H2,1-3H3. The predicted molar refractivity (Wildman–Crippen MR) is 101 cm³/mol. The molecule has 21 heavy (non-hydrogen) atoms. The molecule has 2 saturated carbocycles. The Bertz CT molecular complexity index is 316. The molecule has 0 aliphatic heterocycles. The summed E-state index contributed by atoms with van der Waals surface area (Å²) in [6.07, 6.45) is 17.8. The molecule has 0 atom stereocenters. The van der Waals surface area contributed by atoms with Gasteiger partial charge in [0.1, 0.15) is 15.7 Å². The molecule has 0 aromatic rings. The van der Waals surface area contributed by atoms with E-state index in [2.05, 4.69) is 36.5 Å². The van der Waals surface area contributed by atoms with Crippen LogP contribution in [-0.2, 0) is 0 Å². The Labute approximate surface area is 136 Å². The molecule has 0 aromatic carbocycles. The molecule has 2 fully saturated rings. The fourth-order valence-electron chi connectivity index (χ4n) is 5.27. The molecule has 1 spiro atoms. The van der Waals surface area contributed by atoms with Gasteiger partial charge in [0.25, 0.3) is 0 Å². The van der Waals surface area contributed by atoms with Crippen LogP contribution in [0.3, 0.4) is 0 Å². The van der Waals surface area contributed by atoms with Crippen molar-refractivity contribution in [1.82, 2.24) is 0 Å². The van der Waals surface area contributed by atoms with Crippen LogP contribution in [0, 0.1) is 16.7 Å². The third-order valence-electron chi connectivity index (χ3n) is 7.88. The summed E-state index contributed by atoms with van der Waals surface area (Å²) in [5, 5.41) is 0.501. The third kappa shape index (κ3) is 3.73. The summed E-state index contributed by atoms with van der Waals surface area (Å²) >= 11 is 0. The van der Waals surface area contributed by atoms with E-state index in [1.165, 1.54) is 64.2 Å². The summed E-state index contributed by atoms with van der Waals surface area (Å²) in [6.45, 7) is 7.41. The molecule has 0 bridgehead atoms. The highest BCUT2D eigenvalue weighted by Gasteiger charge is 2.46. The first-order valence-corrected chi connectivity index (χ1v) is 9.83. The summed E-state index contributed by atoms with van der Waals surface area (Å²) in [7, 11) is 5.16. The Morgan fingerprint density at radius 1 is 0.952 bits per heavy atom. The van der Waals surface area contributed by atoms with Crippen molar-refractivity contribution in [3.8, 4) is 0 Å². The molecule has 0 nitrogen and oxygen atoms in total.